The Morgan fingerprint density at radius 1 is 1.32 bits per heavy atom. The summed E-state index contributed by atoms with van der Waals surface area (Å²) in [6.07, 6.45) is 4.96. The van der Waals surface area contributed by atoms with Crippen LogP contribution in [0, 0.1) is 12.3 Å². The fourth-order valence-electron chi connectivity index (χ4n) is 4.43. The maximum atomic E-state index is 12.7. The standard InChI is InChI=1S/C23H32N4O4/c1-16-10-19(17-13-24-8-6-18(17)25-16)27-9-5-7-23(31,15-27)14-26(4)20(28)11-22(2,3)12-21(29)30/h6,8,10,13,31H,5,7,9,11-12,14-15H2,1-4H3,(H,29,30)/t23-/m1/s1. The lowest BCUT2D eigenvalue weighted by Gasteiger charge is -2.42. The predicted octanol–water partition coefficient (Wildman–Crippen LogP) is 2.62. The average Bonchev–Trinajstić information content (AvgIpc) is 2.65. The van der Waals surface area contributed by atoms with Gasteiger partial charge in [-0.25, -0.2) is 0 Å². The minimum absolute atomic E-state index is 0.0763. The number of hydrogen-bond donors (Lipinski definition) is 2. The highest BCUT2D eigenvalue weighted by Crippen LogP contribution is 2.32. The fraction of sp³-hybridized carbons (Fsp3) is 0.565. The van der Waals surface area contributed by atoms with E-state index in [-0.39, 0.29) is 25.3 Å². The number of carbonyl (C=O) groups is 2. The summed E-state index contributed by atoms with van der Waals surface area (Å²) in [5, 5.41) is 21.3. The van der Waals surface area contributed by atoms with E-state index in [1.807, 2.05) is 19.1 Å². The van der Waals surface area contributed by atoms with Crippen LogP contribution in [0.3, 0.4) is 0 Å². The molecule has 1 atom stereocenters. The van der Waals surface area contributed by atoms with Gasteiger partial charge in [0.2, 0.25) is 5.91 Å². The minimum Gasteiger partial charge on any atom is -0.481 e. The summed E-state index contributed by atoms with van der Waals surface area (Å²) in [4.78, 5) is 36.2. The number of β-amino-alcohol motifs (C(OH)–C–C–N with tert-alkyl or cyclic N) is 1. The number of carboxylic acid groups (broad SMARTS) is 1. The third-order valence-corrected chi connectivity index (χ3v) is 5.83. The van der Waals surface area contributed by atoms with Gasteiger partial charge < -0.3 is 20.0 Å². The zero-order chi connectivity index (χ0) is 22.8. The van der Waals surface area contributed by atoms with Gasteiger partial charge in [-0.15, -0.1) is 0 Å². The van der Waals surface area contributed by atoms with Crippen LogP contribution in [0.4, 0.5) is 5.69 Å². The Balaban J connectivity index is 1.74. The van der Waals surface area contributed by atoms with Gasteiger partial charge in [0.05, 0.1) is 24.1 Å². The Morgan fingerprint density at radius 2 is 2.06 bits per heavy atom. The Hall–Kier alpha value is -2.74. The second kappa shape index (κ2) is 8.78. The number of amides is 1. The summed E-state index contributed by atoms with van der Waals surface area (Å²) < 4.78 is 0. The van der Waals surface area contributed by atoms with Crippen LogP contribution in [0.15, 0.2) is 24.5 Å². The molecule has 31 heavy (non-hydrogen) atoms. The van der Waals surface area contributed by atoms with Gasteiger partial charge in [-0.1, -0.05) is 13.8 Å². The fourth-order valence-corrected chi connectivity index (χ4v) is 4.43. The smallest absolute Gasteiger partial charge is 0.303 e. The Morgan fingerprint density at radius 3 is 2.77 bits per heavy atom. The molecular weight excluding hydrogens is 396 g/mol. The first kappa shape index (κ1) is 22.9. The number of anilines is 1. The quantitative estimate of drug-likeness (QED) is 0.698. The number of nitrogens with zero attached hydrogens (tertiary/aromatic N) is 4. The second-order valence-electron chi connectivity index (χ2n) is 9.59. The molecule has 1 saturated heterocycles. The van der Waals surface area contributed by atoms with Crippen LogP contribution in [0.25, 0.3) is 10.9 Å². The molecule has 2 aromatic heterocycles. The number of pyridine rings is 2. The van der Waals surface area contributed by atoms with Gasteiger partial charge in [0, 0.05) is 55.7 Å². The molecule has 0 unspecified atom stereocenters. The van der Waals surface area contributed by atoms with Crippen LogP contribution in [0.1, 0.15) is 45.2 Å². The molecule has 1 aliphatic heterocycles. The zero-order valence-electron chi connectivity index (χ0n) is 18.8. The van der Waals surface area contributed by atoms with E-state index in [2.05, 4.69) is 14.9 Å². The highest BCUT2D eigenvalue weighted by molar-refractivity contribution is 5.91. The average molecular weight is 429 g/mol. The maximum absolute atomic E-state index is 12.7. The molecule has 3 heterocycles. The van der Waals surface area contributed by atoms with Crippen LogP contribution >= 0.6 is 0 Å². The van der Waals surface area contributed by atoms with Gasteiger partial charge in [0.25, 0.3) is 0 Å². The number of carbonyl (C=O) groups excluding carboxylic acids is 1. The number of rotatable bonds is 7. The van der Waals surface area contributed by atoms with E-state index >= 15 is 0 Å². The van der Waals surface area contributed by atoms with Crippen molar-refractivity contribution >= 4 is 28.5 Å². The molecule has 0 bridgehead atoms. The largest absolute Gasteiger partial charge is 0.481 e. The summed E-state index contributed by atoms with van der Waals surface area (Å²) in [7, 11) is 1.67. The van der Waals surface area contributed by atoms with E-state index in [0.717, 1.165) is 35.2 Å². The molecule has 8 heteroatoms. The minimum atomic E-state index is -1.05. The van der Waals surface area contributed by atoms with Crippen LogP contribution in [-0.4, -0.2) is 69.2 Å². The van der Waals surface area contributed by atoms with Crippen LogP contribution in [-0.2, 0) is 9.59 Å². The zero-order valence-corrected chi connectivity index (χ0v) is 18.8. The van der Waals surface area contributed by atoms with E-state index in [1.54, 1.807) is 33.3 Å². The molecule has 8 nitrogen and oxygen atoms in total. The van der Waals surface area contributed by atoms with E-state index in [4.69, 9.17) is 5.11 Å². The van der Waals surface area contributed by atoms with Gasteiger partial charge >= 0.3 is 5.97 Å². The lowest BCUT2D eigenvalue weighted by atomic mass is 9.85. The molecule has 0 spiro atoms. The van der Waals surface area contributed by atoms with E-state index in [0.29, 0.717) is 13.0 Å². The lowest BCUT2D eigenvalue weighted by Crippen LogP contribution is -2.55. The maximum Gasteiger partial charge on any atom is 0.303 e. The summed E-state index contributed by atoms with van der Waals surface area (Å²) in [6.45, 7) is 6.90. The van der Waals surface area contributed by atoms with Gasteiger partial charge in [-0.3, -0.25) is 19.6 Å². The molecule has 0 aliphatic carbocycles. The first-order chi connectivity index (χ1) is 14.5. The van der Waals surface area contributed by atoms with Crippen molar-refractivity contribution in [2.45, 2.75) is 52.1 Å². The summed E-state index contributed by atoms with van der Waals surface area (Å²) >= 11 is 0. The molecule has 2 N–H and O–H groups in total. The van der Waals surface area contributed by atoms with E-state index < -0.39 is 17.0 Å². The number of aliphatic hydroxyl groups is 1. The number of piperidine rings is 1. The molecule has 168 valence electrons. The normalized spacial score (nSPS) is 19.5. The first-order valence-electron chi connectivity index (χ1n) is 10.6. The second-order valence-corrected chi connectivity index (χ2v) is 9.59. The van der Waals surface area contributed by atoms with Crippen molar-refractivity contribution in [3.8, 4) is 0 Å². The van der Waals surface area contributed by atoms with Crippen molar-refractivity contribution in [1.82, 2.24) is 14.9 Å². The van der Waals surface area contributed by atoms with Crippen LogP contribution < -0.4 is 4.90 Å². The molecule has 1 aliphatic rings. The Kier molecular flexibility index (Phi) is 6.50. The monoisotopic (exact) mass is 428 g/mol. The van der Waals surface area contributed by atoms with Gasteiger partial charge in [0.1, 0.15) is 0 Å². The highest BCUT2D eigenvalue weighted by Gasteiger charge is 2.37. The van der Waals surface area contributed by atoms with Crippen molar-refractivity contribution in [1.29, 1.82) is 0 Å². The number of fused-ring (bicyclic) bond motifs is 1. The number of hydrogen-bond acceptors (Lipinski definition) is 6. The number of likely N-dealkylation sites (N-methyl/N-ethyl adjacent to an activating group) is 1. The molecule has 1 fully saturated rings. The Labute approximate surface area is 182 Å². The van der Waals surface area contributed by atoms with Gasteiger partial charge in [-0.05, 0) is 37.3 Å². The molecule has 3 rings (SSSR count). The third kappa shape index (κ3) is 5.70. The van der Waals surface area contributed by atoms with E-state index in [9.17, 15) is 14.7 Å². The molecule has 1 amide bonds. The van der Waals surface area contributed by atoms with Gasteiger partial charge in [-0.2, -0.15) is 0 Å². The van der Waals surface area contributed by atoms with Crippen molar-refractivity contribution < 1.29 is 19.8 Å². The molecule has 0 saturated carbocycles. The SMILES string of the molecule is Cc1cc(N2CCC[C@@](O)(CN(C)C(=O)CC(C)(C)CC(=O)O)C2)c2cnccc2n1. The first-order valence-corrected chi connectivity index (χ1v) is 10.6. The third-order valence-electron chi connectivity index (χ3n) is 5.83. The number of aryl methyl sites for hydroxylation is 1. The number of aromatic nitrogens is 2. The number of carboxylic acids is 1. The molecular formula is C23H32N4O4. The summed E-state index contributed by atoms with van der Waals surface area (Å²) in [6, 6.07) is 3.90. The molecule has 0 aromatic carbocycles. The topological polar surface area (TPSA) is 107 Å². The Bertz CT molecular complexity index is 977. The van der Waals surface area contributed by atoms with Crippen molar-refractivity contribution in [2.75, 3.05) is 31.6 Å². The van der Waals surface area contributed by atoms with Gasteiger partial charge in [0.15, 0.2) is 0 Å². The predicted molar refractivity (Wildman–Crippen MR) is 119 cm³/mol. The summed E-state index contributed by atoms with van der Waals surface area (Å²) in [5.41, 5.74) is 1.07. The molecule has 2 aromatic rings. The lowest BCUT2D eigenvalue weighted by molar-refractivity contribution is -0.141. The highest BCUT2D eigenvalue weighted by atomic mass is 16.4. The van der Waals surface area contributed by atoms with Crippen molar-refractivity contribution in [3.63, 3.8) is 0 Å². The van der Waals surface area contributed by atoms with Crippen LogP contribution in [0.5, 0.6) is 0 Å². The molecule has 0 radical (unpaired) electrons. The van der Waals surface area contributed by atoms with Crippen LogP contribution in [0.2, 0.25) is 0 Å². The van der Waals surface area contributed by atoms with Crippen molar-refractivity contribution in [2.24, 2.45) is 5.41 Å². The summed E-state index contributed by atoms with van der Waals surface area (Å²) in [5.74, 6) is -1.08. The van der Waals surface area contributed by atoms with E-state index in [1.165, 1.54) is 4.90 Å². The van der Waals surface area contributed by atoms with Crippen molar-refractivity contribution in [3.05, 3.63) is 30.2 Å². The number of aliphatic carboxylic acids is 1.